The van der Waals surface area contributed by atoms with Crippen molar-refractivity contribution in [1.82, 2.24) is 0 Å². The highest BCUT2D eigenvalue weighted by Crippen LogP contribution is 2.68. The molecule has 0 aromatic heterocycles. The van der Waals surface area contributed by atoms with Crippen molar-refractivity contribution >= 4 is 0 Å². The van der Waals surface area contributed by atoms with E-state index in [0.717, 1.165) is 5.92 Å². The lowest BCUT2D eigenvalue weighted by Gasteiger charge is -2.68. The van der Waals surface area contributed by atoms with Gasteiger partial charge in [-0.25, -0.2) is 0 Å². The van der Waals surface area contributed by atoms with Crippen molar-refractivity contribution < 1.29 is 4.48 Å². The zero-order valence-corrected chi connectivity index (χ0v) is 16.3. The van der Waals surface area contributed by atoms with Crippen molar-refractivity contribution in [2.45, 2.75) is 70.8 Å². The van der Waals surface area contributed by atoms with E-state index in [2.05, 4.69) is 58.3 Å². The maximum Gasteiger partial charge on any atom is 0.100 e. The van der Waals surface area contributed by atoms with E-state index in [9.17, 15) is 0 Å². The molecule has 1 nitrogen and oxygen atoms in total. The summed E-state index contributed by atoms with van der Waals surface area (Å²) >= 11 is 0. The number of nitrogens with zero attached hydrogens (tertiary/aromatic N) is 1. The van der Waals surface area contributed by atoms with Crippen LogP contribution in [0.25, 0.3) is 0 Å². The number of hydrogen-bond acceptors (Lipinski definition) is 0. The summed E-state index contributed by atoms with van der Waals surface area (Å²) in [4.78, 5) is 0. The van der Waals surface area contributed by atoms with Crippen molar-refractivity contribution in [2.24, 2.45) is 16.7 Å². The molecule has 1 aromatic carbocycles. The summed E-state index contributed by atoms with van der Waals surface area (Å²) in [7, 11) is 5.09. The highest BCUT2D eigenvalue weighted by atomic mass is 15.4. The van der Waals surface area contributed by atoms with Crippen LogP contribution in [0, 0.1) is 16.7 Å². The van der Waals surface area contributed by atoms with E-state index < -0.39 is 0 Å². The molecule has 0 aliphatic heterocycles. The van der Waals surface area contributed by atoms with Crippen LogP contribution in [0.3, 0.4) is 0 Å². The summed E-state index contributed by atoms with van der Waals surface area (Å²) in [5.74, 6) is 1.00. The molecule has 4 fully saturated rings. The van der Waals surface area contributed by atoms with Crippen LogP contribution in [0.15, 0.2) is 30.3 Å². The van der Waals surface area contributed by atoms with Gasteiger partial charge in [-0.15, -0.1) is 0 Å². The molecule has 4 aliphatic rings. The predicted octanol–water partition coefficient (Wildman–Crippen LogP) is 5.44. The SMILES string of the molecule is CC12CC3CC(C)(C1)CC([N+](C)(C)CCCc1ccccc1)(C3)C2. The van der Waals surface area contributed by atoms with Crippen molar-refractivity contribution in [1.29, 1.82) is 0 Å². The van der Waals surface area contributed by atoms with Crippen LogP contribution >= 0.6 is 0 Å². The Morgan fingerprint density at radius 3 is 2.12 bits per heavy atom. The summed E-state index contributed by atoms with van der Waals surface area (Å²) in [6, 6.07) is 11.0. The highest BCUT2D eigenvalue weighted by Gasteiger charge is 2.65. The van der Waals surface area contributed by atoms with E-state index in [1.807, 2.05) is 0 Å². The molecule has 132 valence electrons. The van der Waals surface area contributed by atoms with Gasteiger partial charge in [-0.2, -0.15) is 0 Å². The number of benzene rings is 1. The largest absolute Gasteiger partial charge is 0.324 e. The molecule has 4 aliphatic carbocycles. The maximum absolute atomic E-state index is 2.61. The third-order valence-corrected chi connectivity index (χ3v) is 7.91. The van der Waals surface area contributed by atoms with E-state index in [1.54, 1.807) is 0 Å². The highest BCUT2D eigenvalue weighted by molar-refractivity contribution is 5.15. The van der Waals surface area contributed by atoms with Crippen LogP contribution in [0.5, 0.6) is 0 Å². The summed E-state index contributed by atoms with van der Waals surface area (Å²) in [5, 5.41) is 0. The Hall–Kier alpha value is -0.820. The van der Waals surface area contributed by atoms with Gasteiger partial charge >= 0.3 is 0 Å². The smallest absolute Gasteiger partial charge is 0.100 e. The molecule has 0 radical (unpaired) electrons. The Bertz CT molecular complexity index is 584. The zero-order chi connectivity index (χ0) is 17.1. The van der Waals surface area contributed by atoms with Gasteiger partial charge in [0.2, 0.25) is 0 Å². The first-order valence-corrected chi connectivity index (χ1v) is 10.1. The molecule has 1 aromatic rings. The molecule has 4 bridgehead atoms. The first-order chi connectivity index (χ1) is 11.2. The van der Waals surface area contributed by atoms with E-state index in [4.69, 9.17) is 0 Å². The van der Waals surface area contributed by atoms with E-state index >= 15 is 0 Å². The second-order valence-electron chi connectivity index (χ2n) is 10.9. The Kier molecular flexibility index (Phi) is 3.70. The molecule has 0 amide bonds. The van der Waals surface area contributed by atoms with Gasteiger partial charge in [0.05, 0.1) is 20.6 Å². The first-order valence-electron chi connectivity index (χ1n) is 10.1. The maximum atomic E-state index is 2.61. The molecule has 2 atom stereocenters. The molecule has 24 heavy (non-hydrogen) atoms. The molecule has 1 heteroatoms. The first kappa shape index (κ1) is 16.6. The van der Waals surface area contributed by atoms with E-state index in [0.29, 0.717) is 16.4 Å². The van der Waals surface area contributed by atoms with Crippen LogP contribution in [0.1, 0.15) is 64.4 Å². The molecule has 5 rings (SSSR count). The zero-order valence-electron chi connectivity index (χ0n) is 16.3. The number of quaternary nitrogens is 1. The van der Waals surface area contributed by atoms with Gasteiger partial charge in [0.15, 0.2) is 0 Å². The lowest BCUT2D eigenvalue weighted by Crippen LogP contribution is -2.70. The molecule has 0 N–H and O–H groups in total. The van der Waals surface area contributed by atoms with Crippen molar-refractivity contribution in [3.05, 3.63) is 35.9 Å². The minimum Gasteiger partial charge on any atom is -0.324 e. The molecule has 0 spiro atoms. The average molecular weight is 327 g/mol. The molecule has 2 unspecified atom stereocenters. The van der Waals surface area contributed by atoms with Gasteiger partial charge in [0.25, 0.3) is 0 Å². The van der Waals surface area contributed by atoms with Gasteiger partial charge in [-0.05, 0) is 48.0 Å². The summed E-state index contributed by atoms with van der Waals surface area (Å²) in [5.41, 5.74) is 3.31. The number of rotatable bonds is 5. The van der Waals surface area contributed by atoms with Gasteiger partial charge < -0.3 is 4.48 Å². The monoisotopic (exact) mass is 326 g/mol. The predicted molar refractivity (Wildman–Crippen MR) is 102 cm³/mol. The summed E-state index contributed by atoms with van der Waals surface area (Å²) in [6.07, 6.45) is 11.5. The number of aryl methyl sites for hydroxylation is 1. The normalized spacial score (nSPS) is 40.9. The van der Waals surface area contributed by atoms with Crippen LogP contribution in [-0.4, -0.2) is 30.7 Å². The molecular formula is C23H36N+. The quantitative estimate of drug-likeness (QED) is 0.632. The lowest BCUT2D eigenvalue weighted by atomic mass is 9.42. The summed E-state index contributed by atoms with van der Waals surface area (Å²) < 4.78 is 1.25. The third kappa shape index (κ3) is 2.73. The standard InChI is InChI=1S/C23H36N/c1-21-13-20-14-22(2,16-21)18-23(15-20,17-21)24(3,4)12-8-11-19-9-6-5-7-10-19/h5-7,9-10,20H,8,11-18H2,1-4H3/q+1. The Balaban J connectivity index is 1.49. The molecular weight excluding hydrogens is 290 g/mol. The van der Waals surface area contributed by atoms with Gasteiger partial charge in [0, 0.05) is 25.7 Å². The Morgan fingerprint density at radius 2 is 1.54 bits per heavy atom. The van der Waals surface area contributed by atoms with Crippen LogP contribution in [0.4, 0.5) is 0 Å². The Labute approximate surface area is 149 Å². The van der Waals surface area contributed by atoms with Crippen LogP contribution < -0.4 is 0 Å². The third-order valence-electron chi connectivity index (χ3n) is 7.91. The second-order valence-corrected chi connectivity index (χ2v) is 10.9. The molecule has 0 saturated heterocycles. The van der Waals surface area contributed by atoms with Gasteiger partial charge in [0.1, 0.15) is 5.54 Å². The molecule has 4 saturated carbocycles. The average Bonchev–Trinajstić information content (AvgIpc) is 2.44. The Morgan fingerprint density at radius 1 is 0.917 bits per heavy atom. The topological polar surface area (TPSA) is 0 Å². The van der Waals surface area contributed by atoms with Gasteiger partial charge in [-0.3, -0.25) is 0 Å². The molecule has 0 heterocycles. The number of hydrogen-bond donors (Lipinski definition) is 0. The van der Waals surface area contributed by atoms with E-state index in [1.165, 1.54) is 68.0 Å². The fourth-order valence-corrected chi connectivity index (χ4v) is 7.62. The lowest BCUT2D eigenvalue weighted by molar-refractivity contribution is -0.949. The fraction of sp³-hybridized carbons (Fsp3) is 0.739. The van der Waals surface area contributed by atoms with Crippen molar-refractivity contribution in [2.75, 3.05) is 20.6 Å². The van der Waals surface area contributed by atoms with Gasteiger partial charge in [-0.1, -0.05) is 44.2 Å². The fourth-order valence-electron chi connectivity index (χ4n) is 7.62. The van der Waals surface area contributed by atoms with Crippen molar-refractivity contribution in [3.8, 4) is 0 Å². The van der Waals surface area contributed by atoms with E-state index in [-0.39, 0.29) is 0 Å². The minimum absolute atomic E-state index is 0.555. The minimum atomic E-state index is 0.555. The van der Waals surface area contributed by atoms with Crippen LogP contribution in [0.2, 0.25) is 0 Å². The second kappa shape index (κ2) is 5.34. The van der Waals surface area contributed by atoms with Crippen LogP contribution in [-0.2, 0) is 6.42 Å². The summed E-state index contributed by atoms with van der Waals surface area (Å²) in [6.45, 7) is 6.54. The van der Waals surface area contributed by atoms with Crippen molar-refractivity contribution in [3.63, 3.8) is 0 Å².